The molecule has 3 fully saturated rings. The molecule has 4 rings (SSSR count). The van der Waals surface area contributed by atoms with Crippen LogP contribution in [0.5, 0.6) is 5.75 Å². The van der Waals surface area contributed by atoms with E-state index in [0.717, 1.165) is 32.1 Å². The fraction of sp³-hybridized carbons (Fsp3) is 0.600. The maximum atomic E-state index is 12.3. The SMILES string of the molecule is O=C(COc1ccc(Cl)cc1Cl)NC1CCC2C(C1)NC(=O)C1CCCC12. The van der Waals surface area contributed by atoms with Gasteiger partial charge in [0.05, 0.1) is 5.02 Å². The molecule has 5 unspecified atom stereocenters. The second kappa shape index (κ2) is 7.88. The first kappa shape index (κ1) is 18.9. The van der Waals surface area contributed by atoms with Crippen LogP contribution in [-0.2, 0) is 9.59 Å². The fourth-order valence-corrected chi connectivity index (χ4v) is 5.59. The lowest BCUT2D eigenvalue weighted by molar-refractivity contribution is -0.132. The molecule has 5 nitrogen and oxygen atoms in total. The third-order valence-electron chi connectivity index (χ3n) is 6.31. The highest BCUT2D eigenvalue weighted by atomic mass is 35.5. The third-order valence-corrected chi connectivity index (χ3v) is 6.84. The summed E-state index contributed by atoms with van der Waals surface area (Å²) in [6.45, 7) is -0.0942. The number of fused-ring (bicyclic) bond motifs is 3. The number of hydrogen-bond acceptors (Lipinski definition) is 3. The van der Waals surface area contributed by atoms with Gasteiger partial charge in [-0.05, 0) is 62.1 Å². The third kappa shape index (κ3) is 4.04. The number of amides is 2. The van der Waals surface area contributed by atoms with E-state index in [1.807, 2.05) is 0 Å². The van der Waals surface area contributed by atoms with Gasteiger partial charge in [0.25, 0.3) is 5.91 Å². The maximum Gasteiger partial charge on any atom is 0.258 e. The van der Waals surface area contributed by atoms with Crippen molar-refractivity contribution in [3.05, 3.63) is 28.2 Å². The van der Waals surface area contributed by atoms with Crippen molar-refractivity contribution in [2.24, 2.45) is 17.8 Å². The molecule has 2 aliphatic carbocycles. The summed E-state index contributed by atoms with van der Waals surface area (Å²) in [5.74, 6) is 1.79. The molecule has 1 aromatic rings. The van der Waals surface area contributed by atoms with Gasteiger partial charge < -0.3 is 15.4 Å². The molecule has 2 N–H and O–H groups in total. The van der Waals surface area contributed by atoms with Crippen molar-refractivity contribution in [3.8, 4) is 5.75 Å². The van der Waals surface area contributed by atoms with Gasteiger partial charge in [0.15, 0.2) is 6.61 Å². The molecular formula is C20H24Cl2N2O3. The van der Waals surface area contributed by atoms with E-state index in [1.54, 1.807) is 18.2 Å². The first-order valence-electron chi connectivity index (χ1n) is 9.69. The summed E-state index contributed by atoms with van der Waals surface area (Å²) >= 11 is 11.9. The molecule has 5 atom stereocenters. The van der Waals surface area contributed by atoms with E-state index in [4.69, 9.17) is 27.9 Å². The molecule has 27 heavy (non-hydrogen) atoms. The van der Waals surface area contributed by atoms with Gasteiger partial charge in [-0.3, -0.25) is 9.59 Å². The van der Waals surface area contributed by atoms with Gasteiger partial charge >= 0.3 is 0 Å². The Morgan fingerprint density at radius 2 is 2.04 bits per heavy atom. The van der Waals surface area contributed by atoms with Crippen molar-refractivity contribution in [2.45, 2.75) is 50.6 Å². The molecule has 1 aromatic carbocycles. The summed E-state index contributed by atoms with van der Waals surface area (Å²) in [7, 11) is 0. The van der Waals surface area contributed by atoms with E-state index in [0.29, 0.717) is 27.6 Å². The molecule has 0 radical (unpaired) electrons. The Balaban J connectivity index is 1.29. The Bertz CT molecular complexity index is 742. The van der Waals surface area contributed by atoms with Crippen LogP contribution in [0.2, 0.25) is 10.0 Å². The van der Waals surface area contributed by atoms with Gasteiger partial charge in [0, 0.05) is 23.0 Å². The monoisotopic (exact) mass is 410 g/mol. The highest BCUT2D eigenvalue weighted by molar-refractivity contribution is 6.35. The van der Waals surface area contributed by atoms with Crippen LogP contribution in [0.3, 0.4) is 0 Å². The Morgan fingerprint density at radius 1 is 1.19 bits per heavy atom. The van der Waals surface area contributed by atoms with Crippen LogP contribution in [0.1, 0.15) is 38.5 Å². The fourth-order valence-electron chi connectivity index (χ4n) is 5.12. The van der Waals surface area contributed by atoms with E-state index in [-0.39, 0.29) is 36.4 Å². The lowest BCUT2D eigenvalue weighted by atomic mass is 9.68. The number of carbonyl (C=O) groups excluding carboxylic acids is 2. The van der Waals surface area contributed by atoms with Gasteiger partial charge in [-0.15, -0.1) is 0 Å². The van der Waals surface area contributed by atoms with Gasteiger partial charge in [-0.1, -0.05) is 29.6 Å². The Labute approximate surface area is 169 Å². The first-order valence-corrected chi connectivity index (χ1v) is 10.4. The predicted octanol–water partition coefficient (Wildman–Crippen LogP) is 3.57. The molecule has 2 amide bonds. The van der Waals surface area contributed by atoms with Gasteiger partial charge in [0.1, 0.15) is 5.75 Å². The second-order valence-corrected chi connectivity index (χ2v) is 8.76. The number of rotatable bonds is 4. The number of carbonyl (C=O) groups is 2. The van der Waals surface area contributed by atoms with Gasteiger partial charge in [-0.25, -0.2) is 0 Å². The van der Waals surface area contributed by atoms with Crippen molar-refractivity contribution in [3.63, 3.8) is 0 Å². The predicted molar refractivity (Wildman–Crippen MR) is 104 cm³/mol. The Hall–Kier alpha value is -1.46. The van der Waals surface area contributed by atoms with E-state index >= 15 is 0 Å². The number of halogens is 2. The van der Waals surface area contributed by atoms with Crippen LogP contribution in [0, 0.1) is 17.8 Å². The molecule has 3 aliphatic rings. The average Bonchev–Trinajstić information content (AvgIpc) is 3.11. The van der Waals surface area contributed by atoms with Gasteiger partial charge in [-0.2, -0.15) is 0 Å². The first-order chi connectivity index (χ1) is 13.0. The van der Waals surface area contributed by atoms with Crippen molar-refractivity contribution < 1.29 is 14.3 Å². The van der Waals surface area contributed by atoms with Crippen LogP contribution >= 0.6 is 23.2 Å². The maximum absolute atomic E-state index is 12.3. The number of piperidine rings is 1. The number of nitrogens with one attached hydrogen (secondary N) is 2. The Morgan fingerprint density at radius 3 is 2.85 bits per heavy atom. The van der Waals surface area contributed by atoms with Crippen LogP contribution in [0.4, 0.5) is 0 Å². The summed E-state index contributed by atoms with van der Waals surface area (Å²) < 4.78 is 5.50. The van der Waals surface area contributed by atoms with E-state index < -0.39 is 0 Å². The smallest absolute Gasteiger partial charge is 0.258 e. The number of benzene rings is 1. The molecule has 0 bridgehead atoms. The standard InChI is InChI=1S/C20H24Cl2N2O3/c21-11-4-7-18(16(22)8-11)27-10-19(25)23-12-5-6-14-13-2-1-3-15(13)20(26)24-17(14)9-12/h4,7-8,12-15,17H,1-3,5-6,9-10H2,(H,23,25)(H,24,26). The summed E-state index contributed by atoms with van der Waals surface area (Å²) in [4.78, 5) is 24.6. The minimum atomic E-state index is -0.176. The zero-order valence-electron chi connectivity index (χ0n) is 15.0. The van der Waals surface area contributed by atoms with Crippen LogP contribution in [0.15, 0.2) is 18.2 Å². The zero-order chi connectivity index (χ0) is 19.0. The van der Waals surface area contributed by atoms with Crippen LogP contribution in [0.25, 0.3) is 0 Å². The normalized spacial score (nSPS) is 32.2. The summed E-state index contributed by atoms with van der Waals surface area (Å²) in [5.41, 5.74) is 0. The van der Waals surface area contributed by atoms with Crippen molar-refractivity contribution >= 4 is 35.0 Å². The molecule has 2 saturated carbocycles. The summed E-state index contributed by atoms with van der Waals surface area (Å²) in [6.07, 6.45) is 6.18. The van der Waals surface area contributed by atoms with E-state index in [2.05, 4.69) is 10.6 Å². The largest absolute Gasteiger partial charge is 0.482 e. The molecule has 1 saturated heterocycles. The lowest BCUT2D eigenvalue weighted by Crippen LogP contribution is -2.57. The minimum absolute atomic E-state index is 0.0706. The van der Waals surface area contributed by atoms with Gasteiger partial charge in [0.2, 0.25) is 5.91 Å². The topological polar surface area (TPSA) is 67.4 Å². The Kier molecular flexibility index (Phi) is 5.51. The highest BCUT2D eigenvalue weighted by Crippen LogP contribution is 2.46. The van der Waals surface area contributed by atoms with Crippen molar-refractivity contribution in [2.75, 3.05) is 6.61 Å². The minimum Gasteiger partial charge on any atom is -0.482 e. The highest BCUT2D eigenvalue weighted by Gasteiger charge is 2.48. The average molecular weight is 411 g/mol. The quantitative estimate of drug-likeness (QED) is 0.796. The molecule has 0 aromatic heterocycles. The molecule has 1 aliphatic heterocycles. The lowest BCUT2D eigenvalue weighted by Gasteiger charge is -2.45. The molecule has 0 spiro atoms. The van der Waals surface area contributed by atoms with Crippen LogP contribution < -0.4 is 15.4 Å². The number of hydrogen-bond donors (Lipinski definition) is 2. The molecule has 7 heteroatoms. The molecular weight excluding hydrogens is 387 g/mol. The van der Waals surface area contributed by atoms with E-state index in [9.17, 15) is 9.59 Å². The summed E-state index contributed by atoms with van der Waals surface area (Å²) in [5, 5.41) is 7.16. The van der Waals surface area contributed by atoms with Crippen LogP contribution in [-0.4, -0.2) is 30.5 Å². The molecule has 1 heterocycles. The zero-order valence-corrected chi connectivity index (χ0v) is 16.6. The summed E-state index contributed by atoms with van der Waals surface area (Å²) in [6, 6.07) is 5.16. The number of ether oxygens (including phenoxy) is 1. The van der Waals surface area contributed by atoms with Crippen molar-refractivity contribution in [1.29, 1.82) is 0 Å². The van der Waals surface area contributed by atoms with E-state index in [1.165, 1.54) is 6.42 Å². The molecule has 146 valence electrons. The second-order valence-electron chi connectivity index (χ2n) is 7.92. The van der Waals surface area contributed by atoms with Crippen molar-refractivity contribution in [1.82, 2.24) is 10.6 Å².